The molecular formula is C21H22FN3O2. The summed E-state index contributed by atoms with van der Waals surface area (Å²) >= 11 is 0. The zero-order valence-corrected chi connectivity index (χ0v) is 15.4. The van der Waals surface area contributed by atoms with Crippen molar-refractivity contribution in [2.75, 3.05) is 13.2 Å². The highest BCUT2D eigenvalue weighted by Crippen LogP contribution is 2.16. The highest BCUT2D eigenvalue weighted by Gasteiger charge is 2.08. The van der Waals surface area contributed by atoms with Crippen LogP contribution in [0.15, 0.2) is 48.5 Å². The molecule has 0 atom stereocenters. The van der Waals surface area contributed by atoms with Crippen LogP contribution in [0, 0.1) is 5.82 Å². The molecule has 3 rings (SSSR count). The molecule has 2 aromatic carbocycles. The lowest BCUT2D eigenvalue weighted by Crippen LogP contribution is -2.24. The highest BCUT2D eigenvalue weighted by molar-refractivity contribution is 5.91. The largest absolute Gasteiger partial charge is 0.494 e. The van der Waals surface area contributed by atoms with Crippen LogP contribution >= 0.6 is 0 Å². The normalized spacial score (nSPS) is 11.2. The molecule has 0 bridgehead atoms. The Morgan fingerprint density at radius 2 is 2.04 bits per heavy atom. The number of aromatic nitrogens is 2. The molecule has 27 heavy (non-hydrogen) atoms. The Morgan fingerprint density at radius 1 is 1.26 bits per heavy atom. The minimum absolute atomic E-state index is 0.173. The molecule has 0 saturated heterocycles. The second kappa shape index (κ2) is 8.49. The van der Waals surface area contributed by atoms with Gasteiger partial charge in [0.1, 0.15) is 17.4 Å². The number of aryl methyl sites for hydroxylation is 1. The first-order valence-corrected chi connectivity index (χ1v) is 8.86. The van der Waals surface area contributed by atoms with Crippen LogP contribution < -0.4 is 10.1 Å². The van der Waals surface area contributed by atoms with Gasteiger partial charge in [-0.15, -0.1) is 0 Å². The predicted octanol–water partition coefficient (Wildman–Crippen LogP) is 3.48. The standard InChI is InChI=1S/C21H22FN3O2/c1-3-27-17-8-4-15(5-9-17)6-11-21(26)23-13-12-20-24-18-14-16(22)7-10-19(18)25(20)2/h4-11,14H,3,12-13H2,1-2H3,(H,23,26)/b11-6+. The Morgan fingerprint density at radius 3 is 2.78 bits per heavy atom. The van der Waals surface area contributed by atoms with Crippen LogP contribution in [0.2, 0.25) is 0 Å². The van der Waals surface area contributed by atoms with E-state index in [2.05, 4.69) is 10.3 Å². The first kappa shape index (κ1) is 18.6. The molecule has 0 radical (unpaired) electrons. The number of nitrogens with one attached hydrogen (secondary N) is 1. The molecule has 5 nitrogen and oxygen atoms in total. The maximum atomic E-state index is 13.3. The first-order chi connectivity index (χ1) is 13.1. The van der Waals surface area contributed by atoms with Crippen molar-refractivity contribution in [1.29, 1.82) is 0 Å². The van der Waals surface area contributed by atoms with E-state index in [1.54, 1.807) is 12.1 Å². The second-order valence-corrected chi connectivity index (χ2v) is 6.10. The lowest BCUT2D eigenvalue weighted by atomic mass is 10.2. The van der Waals surface area contributed by atoms with Crippen LogP contribution in [-0.4, -0.2) is 28.6 Å². The summed E-state index contributed by atoms with van der Waals surface area (Å²) in [5.74, 6) is 1.13. The number of amides is 1. The molecule has 0 aliphatic carbocycles. The topological polar surface area (TPSA) is 56.1 Å². The van der Waals surface area contributed by atoms with Crippen molar-refractivity contribution >= 4 is 23.0 Å². The van der Waals surface area contributed by atoms with Crippen molar-refractivity contribution in [2.24, 2.45) is 7.05 Å². The average molecular weight is 367 g/mol. The number of carbonyl (C=O) groups is 1. The number of hydrogen-bond donors (Lipinski definition) is 1. The number of fused-ring (bicyclic) bond motifs is 1. The monoisotopic (exact) mass is 367 g/mol. The van der Waals surface area contributed by atoms with E-state index in [1.807, 2.05) is 42.8 Å². The van der Waals surface area contributed by atoms with Crippen LogP contribution in [0.1, 0.15) is 18.3 Å². The van der Waals surface area contributed by atoms with Gasteiger partial charge in [-0.25, -0.2) is 9.37 Å². The fourth-order valence-corrected chi connectivity index (χ4v) is 2.82. The summed E-state index contributed by atoms with van der Waals surface area (Å²) in [6.45, 7) is 3.01. The quantitative estimate of drug-likeness (QED) is 0.651. The maximum absolute atomic E-state index is 13.3. The van der Waals surface area contributed by atoms with Gasteiger partial charge in [0.2, 0.25) is 5.91 Å². The van der Waals surface area contributed by atoms with E-state index < -0.39 is 0 Å². The lowest BCUT2D eigenvalue weighted by molar-refractivity contribution is -0.116. The molecule has 0 saturated carbocycles. The molecule has 0 fully saturated rings. The fraction of sp³-hybridized carbons (Fsp3) is 0.238. The second-order valence-electron chi connectivity index (χ2n) is 6.10. The van der Waals surface area contributed by atoms with Crippen LogP contribution in [-0.2, 0) is 18.3 Å². The number of rotatable bonds is 7. The number of nitrogens with zero attached hydrogens (tertiary/aromatic N) is 2. The molecule has 3 aromatic rings. The minimum atomic E-state index is -0.306. The number of benzene rings is 2. The number of carbonyl (C=O) groups excluding carboxylic acids is 1. The van der Waals surface area contributed by atoms with Crippen molar-refractivity contribution in [1.82, 2.24) is 14.9 Å². The predicted molar refractivity (Wildman–Crippen MR) is 104 cm³/mol. The maximum Gasteiger partial charge on any atom is 0.244 e. The highest BCUT2D eigenvalue weighted by atomic mass is 19.1. The summed E-state index contributed by atoms with van der Waals surface area (Å²) in [4.78, 5) is 16.4. The van der Waals surface area contributed by atoms with Crippen molar-refractivity contribution in [3.8, 4) is 5.75 Å². The van der Waals surface area contributed by atoms with Gasteiger partial charge >= 0.3 is 0 Å². The van der Waals surface area contributed by atoms with Crippen LogP contribution in [0.3, 0.4) is 0 Å². The summed E-state index contributed by atoms with van der Waals surface area (Å²) in [7, 11) is 1.89. The van der Waals surface area contributed by atoms with Gasteiger partial charge in [0.25, 0.3) is 0 Å². The lowest BCUT2D eigenvalue weighted by Gasteiger charge is -2.04. The molecule has 0 aliphatic heterocycles. The van der Waals surface area contributed by atoms with Crippen LogP contribution in [0.25, 0.3) is 17.1 Å². The van der Waals surface area contributed by atoms with E-state index in [-0.39, 0.29) is 11.7 Å². The van der Waals surface area contributed by atoms with Gasteiger partial charge in [0.15, 0.2) is 0 Å². The number of ether oxygens (including phenoxy) is 1. The Bertz CT molecular complexity index is 961. The summed E-state index contributed by atoms with van der Waals surface area (Å²) in [6, 6.07) is 12.1. The molecular weight excluding hydrogens is 345 g/mol. The molecule has 140 valence electrons. The molecule has 0 aliphatic rings. The summed E-state index contributed by atoms with van der Waals surface area (Å²) < 4.78 is 20.6. The molecule has 1 heterocycles. The third-order valence-corrected chi connectivity index (χ3v) is 4.20. The van der Waals surface area contributed by atoms with Crippen molar-refractivity contribution in [3.05, 3.63) is 65.7 Å². The van der Waals surface area contributed by atoms with Gasteiger partial charge in [-0.3, -0.25) is 4.79 Å². The Kier molecular flexibility index (Phi) is 5.86. The molecule has 1 aromatic heterocycles. The first-order valence-electron chi connectivity index (χ1n) is 8.86. The summed E-state index contributed by atoms with van der Waals surface area (Å²) in [5.41, 5.74) is 2.41. The van der Waals surface area contributed by atoms with E-state index in [4.69, 9.17) is 4.74 Å². The van der Waals surface area contributed by atoms with Gasteiger partial charge in [-0.05, 0) is 42.8 Å². The van der Waals surface area contributed by atoms with Crippen LogP contribution in [0.5, 0.6) is 5.75 Å². The number of halogens is 1. The zero-order valence-electron chi connectivity index (χ0n) is 15.4. The number of imidazole rings is 1. The average Bonchev–Trinajstić information content (AvgIpc) is 2.96. The molecule has 0 spiro atoms. The number of hydrogen-bond acceptors (Lipinski definition) is 3. The summed E-state index contributed by atoms with van der Waals surface area (Å²) in [6.07, 6.45) is 3.82. The van der Waals surface area contributed by atoms with Gasteiger partial charge in [-0.2, -0.15) is 0 Å². The minimum Gasteiger partial charge on any atom is -0.494 e. The summed E-state index contributed by atoms with van der Waals surface area (Å²) in [5, 5.41) is 2.84. The molecule has 0 unspecified atom stereocenters. The van der Waals surface area contributed by atoms with E-state index in [1.165, 1.54) is 18.2 Å². The third kappa shape index (κ3) is 4.73. The van der Waals surface area contributed by atoms with Gasteiger partial charge in [0.05, 0.1) is 17.6 Å². The van der Waals surface area contributed by atoms with Gasteiger partial charge in [0, 0.05) is 32.2 Å². The Labute approximate surface area is 157 Å². The third-order valence-electron chi connectivity index (χ3n) is 4.20. The molecule has 1 N–H and O–H groups in total. The molecule has 6 heteroatoms. The molecule has 1 amide bonds. The van der Waals surface area contributed by atoms with E-state index in [9.17, 15) is 9.18 Å². The Hall–Kier alpha value is -3.15. The van der Waals surface area contributed by atoms with Crippen molar-refractivity contribution in [2.45, 2.75) is 13.3 Å². The zero-order chi connectivity index (χ0) is 19.2. The van der Waals surface area contributed by atoms with E-state index in [0.717, 1.165) is 22.7 Å². The van der Waals surface area contributed by atoms with Crippen LogP contribution in [0.4, 0.5) is 4.39 Å². The van der Waals surface area contributed by atoms with Crippen molar-refractivity contribution < 1.29 is 13.9 Å². The van der Waals surface area contributed by atoms with Gasteiger partial charge in [-0.1, -0.05) is 12.1 Å². The van der Waals surface area contributed by atoms with Gasteiger partial charge < -0.3 is 14.6 Å². The smallest absolute Gasteiger partial charge is 0.244 e. The van der Waals surface area contributed by atoms with E-state index >= 15 is 0 Å². The fourth-order valence-electron chi connectivity index (χ4n) is 2.82. The Balaban J connectivity index is 1.53. The van der Waals surface area contributed by atoms with Crippen molar-refractivity contribution in [3.63, 3.8) is 0 Å². The van der Waals surface area contributed by atoms with E-state index in [0.29, 0.717) is 25.1 Å². The SMILES string of the molecule is CCOc1ccc(/C=C/C(=O)NCCc2nc3cc(F)ccc3n2C)cc1.